The largest absolute Gasteiger partial charge is 0.484 e. The van der Waals surface area contributed by atoms with Crippen LogP contribution in [0.1, 0.15) is 36.5 Å². The summed E-state index contributed by atoms with van der Waals surface area (Å²) < 4.78 is 5.47. The van der Waals surface area contributed by atoms with Gasteiger partial charge in [0, 0.05) is 17.3 Å². The molecule has 0 aliphatic carbocycles. The van der Waals surface area contributed by atoms with Gasteiger partial charge in [0.05, 0.1) is 6.21 Å². The number of benzene rings is 3. The molecule has 0 unspecified atom stereocenters. The maximum Gasteiger partial charge on any atom is 0.329 e. The summed E-state index contributed by atoms with van der Waals surface area (Å²) in [7, 11) is 0. The maximum absolute atomic E-state index is 12.0. The van der Waals surface area contributed by atoms with E-state index in [2.05, 4.69) is 35.0 Å². The molecule has 3 rings (SSSR count). The van der Waals surface area contributed by atoms with Gasteiger partial charge in [-0.1, -0.05) is 55.8 Å². The zero-order valence-electron chi connectivity index (χ0n) is 20.0. The van der Waals surface area contributed by atoms with Crippen molar-refractivity contribution in [1.29, 1.82) is 0 Å². The second-order valence-corrected chi connectivity index (χ2v) is 8.63. The van der Waals surface area contributed by atoms with Gasteiger partial charge in [-0.05, 0) is 65.1 Å². The Kier molecular flexibility index (Phi) is 9.59. The molecule has 0 radical (unpaired) electrons. The van der Waals surface area contributed by atoms with Crippen LogP contribution >= 0.6 is 11.6 Å². The number of ether oxygens (including phenoxy) is 1. The van der Waals surface area contributed by atoms with Crippen molar-refractivity contribution in [2.45, 2.75) is 26.3 Å². The molecule has 186 valence electrons. The van der Waals surface area contributed by atoms with E-state index in [-0.39, 0.29) is 19.1 Å². The summed E-state index contributed by atoms with van der Waals surface area (Å²) in [4.78, 5) is 35.9. The van der Waals surface area contributed by atoms with E-state index in [0.29, 0.717) is 27.9 Å². The number of hydrazone groups is 1. The summed E-state index contributed by atoms with van der Waals surface area (Å²) in [6.07, 6.45) is 1.39. The Labute approximate surface area is 214 Å². The molecule has 0 aliphatic rings. The van der Waals surface area contributed by atoms with E-state index in [1.54, 1.807) is 48.5 Å². The van der Waals surface area contributed by atoms with Gasteiger partial charge in [-0.2, -0.15) is 5.10 Å². The molecule has 8 nitrogen and oxygen atoms in total. The summed E-state index contributed by atoms with van der Waals surface area (Å²) in [6, 6.07) is 21.4. The molecule has 3 amide bonds. The van der Waals surface area contributed by atoms with Crippen molar-refractivity contribution in [2.24, 2.45) is 5.10 Å². The van der Waals surface area contributed by atoms with Gasteiger partial charge >= 0.3 is 11.8 Å². The molecule has 0 aliphatic heterocycles. The van der Waals surface area contributed by atoms with Crippen molar-refractivity contribution in [3.63, 3.8) is 0 Å². The fourth-order valence-corrected chi connectivity index (χ4v) is 3.25. The molecule has 0 spiro atoms. The Morgan fingerprint density at radius 2 is 1.69 bits per heavy atom. The fourth-order valence-electron chi connectivity index (χ4n) is 3.06. The van der Waals surface area contributed by atoms with Crippen LogP contribution in [-0.2, 0) is 20.9 Å². The third kappa shape index (κ3) is 8.56. The highest BCUT2D eigenvalue weighted by atomic mass is 35.5. The van der Waals surface area contributed by atoms with E-state index in [1.165, 1.54) is 11.8 Å². The standard InChI is InChI=1S/C27H27ClN4O4/c1-18(2)21-10-6-19(7-11-21)15-29-26(34)27(35)32-30-16-20-8-12-24(13-9-20)36-17-25(33)31-23-5-3-4-22(28)14-23/h3-14,16,18H,15,17H2,1-2H3,(H,29,34)(H,31,33)(H,32,35)/b30-16-. The lowest BCUT2D eigenvalue weighted by Crippen LogP contribution is -2.37. The lowest BCUT2D eigenvalue weighted by molar-refractivity contribution is -0.139. The monoisotopic (exact) mass is 506 g/mol. The minimum Gasteiger partial charge on any atom is -0.484 e. The molecule has 0 fully saturated rings. The number of amides is 3. The summed E-state index contributed by atoms with van der Waals surface area (Å²) in [5, 5.41) is 9.59. The Balaban J connectivity index is 1.39. The third-order valence-corrected chi connectivity index (χ3v) is 5.28. The number of carbonyl (C=O) groups is 3. The first kappa shape index (κ1) is 26.4. The molecule has 9 heteroatoms. The Morgan fingerprint density at radius 1 is 0.972 bits per heavy atom. The van der Waals surface area contributed by atoms with E-state index in [9.17, 15) is 14.4 Å². The quantitative estimate of drug-likeness (QED) is 0.229. The predicted molar refractivity (Wildman–Crippen MR) is 140 cm³/mol. The number of nitrogens with one attached hydrogen (secondary N) is 3. The van der Waals surface area contributed by atoms with Gasteiger partial charge in [0.15, 0.2) is 6.61 Å². The Hall–Kier alpha value is -4.17. The van der Waals surface area contributed by atoms with E-state index >= 15 is 0 Å². The second kappa shape index (κ2) is 13.1. The van der Waals surface area contributed by atoms with Crippen LogP contribution in [0.25, 0.3) is 0 Å². The molecule has 0 aromatic heterocycles. The van der Waals surface area contributed by atoms with Gasteiger partial charge in [-0.25, -0.2) is 5.43 Å². The number of rotatable bonds is 9. The number of halogens is 1. The maximum atomic E-state index is 12.0. The van der Waals surface area contributed by atoms with E-state index in [4.69, 9.17) is 16.3 Å². The first-order chi connectivity index (χ1) is 17.3. The highest BCUT2D eigenvalue weighted by molar-refractivity contribution is 6.35. The number of hydrogen-bond acceptors (Lipinski definition) is 5. The first-order valence-electron chi connectivity index (χ1n) is 11.3. The fraction of sp³-hybridized carbons (Fsp3) is 0.185. The molecule has 0 saturated heterocycles. The third-order valence-electron chi connectivity index (χ3n) is 5.04. The van der Waals surface area contributed by atoms with Crippen molar-refractivity contribution < 1.29 is 19.1 Å². The molecular formula is C27H27ClN4O4. The van der Waals surface area contributed by atoms with Crippen LogP contribution in [-0.4, -0.2) is 30.5 Å². The van der Waals surface area contributed by atoms with Crippen LogP contribution in [0.3, 0.4) is 0 Å². The molecule has 36 heavy (non-hydrogen) atoms. The Bertz CT molecular complexity index is 1230. The van der Waals surface area contributed by atoms with Crippen molar-refractivity contribution >= 4 is 41.2 Å². The van der Waals surface area contributed by atoms with E-state index < -0.39 is 11.8 Å². The van der Waals surface area contributed by atoms with Crippen molar-refractivity contribution in [3.8, 4) is 5.75 Å². The smallest absolute Gasteiger partial charge is 0.329 e. The number of carbonyl (C=O) groups excluding carboxylic acids is 3. The highest BCUT2D eigenvalue weighted by Gasteiger charge is 2.12. The van der Waals surface area contributed by atoms with Crippen LogP contribution in [0.5, 0.6) is 5.75 Å². The van der Waals surface area contributed by atoms with Crippen LogP contribution in [0.15, 0.2) is 77.9 Å². The SMILES string of the molecule is CC(C)c1ccc(CNC(=O)C(=O)N/N=C\c2ccc(OCC(=O)Nc3cccc(Cl)c3)cc2)cc1. The average molecular weight is 507 g/mol. The highest BCUT2D eigenvalue weighted by Crippen LogP contribution is 2.16. The minimum atomic E-state index is -0.865. The van der Waals surface area contributed by atoms with Gasteiger partial charge in [0.1, 0.15) is 5.75 Å². The number of nitrogens with zero attached hydrogens (tertiary/aromatic N) is 1. The van der Waals surface area contributed by atoms with Crippen molar-refractivity contribution in [2.75, 3.05) is 11.9 Å². The summed E-state index contributed by atoms with van der Waals surface area (Å²) >= 11 is 5.90. The van der Waals surface area contributed by atoms with Crippen LogP contribution < -0.4 is 20.8 Å². The van der Waals surface area contributed by atoms with Crippen LogP contribution in [0, 0.1) is 0 Å². The van der Waals surface area contributed by atoms with Crippen molar-refractivity contribution in [3.05, 3.63) is 94.5 Å². The molecule has 0 saturated carbocycles. The molecule has 0 heterocycles. The summed E-state index contributed by atoms with van der Waals surface area (Å²) in [5.41, 5.74) is 5.54. The molecule has 3 N–H and O–H groups in total. The summed E-state index contributed by atoms with van der Waals surface area (Å²) in [6.45, 7) is 4.28. The molecular weight excluding hydrogens is 480 g/mol. The van der Waals surface area contributed by atoms with Crippen LogP contribution in [0.2, 0.25) is 5.02 Å². The van der Waals surface area contributed by atoms with E-state index in [1.807, 2.05) is 24.3 Å². The minimum absolute atomic E-state index is 0.174. The normalized spacial score (nSPS) is 10.8. The molecule has 0 bridgehead atoms. The van der Waals surface area contributed by atoms with Crippen molar-refractivity contribution in [1.82, 2.24) is 10.7 Å². The number of anilines is 1. The summed E-state index contributed by atoms with van der Waals surface area (Å²) in [5.74, 6) is -1.06. The van der Waals surface area contributed by atoms with Gasteiger partial charge in [-0.15, -0.1) is 0 Å². The second-order valence-electron chi connectivity index (χ2n) is 8.19. The van der Waals surface area contributed by atoms with E-state index in [0.717, 1.165) is 5.56 Å². The van der Waals surface area contributed by atoms with Crippen LogP contribution in [0.4, 0.5) is 5.69 Å². The predicted octanol–water partition coefficient (Wildman–Crippen LogP) is 4.25. The first-order valence-corrected chi connectivity index (χ1v) is 11.7. The van der Waals surface area contributed by atoms with Gasteiger partial charge in [0.25, 0.3) is 5.91 Å². The molecule has 0 atom stereocenters. The Morgan fingerprint density at radius 3 is 2.36 bits per heavy atom. The molecule has 3 aromatic rings. The molecule has 3 aromatic carbocycles. The van der Waals surface area contributed by atoms with Gasteiger partial charge in [0.2, 0.25) is 0 Å². The lowest BCUT2D eigenvalue weighted by atomic mass is 10.0. The lowest BCUT2D eigenvalue weighted by Gasteiger charge is -2.08. The topological polar surface area (TPSA) is 109 Å². The zero-order chi connectivity index (χ0) is 25.9. The zero-order valence-corrected chi connectivity index (χ0v) is 20.7. The average Bonchev–Trinajstić information content (AvgIpc) is 2.87. The number of hydrogen-bond donors (Lipinski definition) is 3. The van der Waals surface area contributed by atoms with Gasteiger partial charge in [-0.3, -0.25) is 14.4 Å². The van der Waals surface area contributed by atoms with Gasteiger partial charge < -0.3 is 15.4 Å².